The fraction of sp³-hybridized carbons (Fsp3) is 0.133. The number of hydrogen-bond acceptors (Lipinski definition) is 2. The molecule has 0 saturated heterocycles. The van der Waals surface area contributed by atoms with Crippen LogP contribution >= 0.6 is 15.9 Å². The average Bonchev–Trinajstić information content (AvgIpc) is 2.74. The smallest absolute Gasteiger partial charge is 0.201 e. The lowest BCUT2D eigenvalue weighted by Gasteiger charge is -2.16. The van der Waals surface area contributed by atoms with Crippen LogP contribution in [0.1, 0.15) is 18.5 Å². The van der Waals surface area contributed by atoms with Crippen molar-refractivity contribution in [2.45, 2.75) is 13.0 Å². The minimum Gasteiger partial charge on any atom is -0.369 e. The number of benzene rings is 2. The third kappa shape index (κ3) is 2.18. The maximum absolute atomic E-state index is 13.0. The minimum absolute atomic E-state index is 0.0186. The number of fused-ring (bicyclic) bond motifs is 1. The number of aromatic nitrogens is 2. The molecule has 3 rings (SSSR count). The van der Waals surface area contributed by atoms with Gasteiger partial charge in [-0.05, 0) is 42.8 Å². The summed E-state index contributed by atoms with van der Waals surface area (Å²) in [7, 11) is 0. The average molecular weight is 334 g/mol. The Bertz CT molecular complexity index is 765. The number of halogens is 2. The van der Waals surface area contributed by atoms with Gasteiger partial charge in [-0.1, -0.05) is 28.1 Å². The summed E-state index contributed by atoms with van der Waals surface area (Å²) in [4.78, 5) is 4.36. The van der Waals surface area contributed by atoms with Gasteiger partial charge < -0.3 is 10.3 Å². The molecule has 0 amide bonds. The Morgan fingerprint density at radius 1 is 1.20 bits per heavy atom. The van der Waals surface area contributed by atoms with Crippen LogP contribution in [-0.4, -0.2) is 9.55 Å². The topological polar surface area (TPSA) is 43.8 Å². The van der Waals surface area contributed by atoms with E-state index in [2.05, 4.69) is 20.9 Å². The summed E-state index contributed by atoms with van der Waals surface area (Å²) in [6.07, 6.45) is 0. The lowest BCUT2D eigenvalue weighted by Crippen LogP contribution is -2.10. The van der Waals surface area contributed by atoms with Crippen molar-refractivity contribution in [1.82, 2.24) is 9.55 Å². The van der Waals surface area contributed by atoms with Crippen molar-refractivity contribution in [3.8, 4) is 0 Å². The standard InChI is InChI=1S/C15H13BrFN3/c1-9(10-2-5-12(17)6-3-10)20-14-8-11(16)4-7-13(14)19-15(20)18/h2-9H,1H3,(H2,18,19). The van der Waals surface area contributed by atoms with Crippen molar-refractivity contribution in [2.75, 3.05) is 5.73 Å². The third-order valence-electron chi connectivity index (χ3n) is 3.42. The van der Waals surface area contributed by atoms with E-state index in [-0.39, 0.29) is 11.9 Å². The highest BCUT2D eigenvalue weighted by Crippen LogP contribution is 2.29. The molecular weight excluding hydrogens is 321 g/mol. The molecule has 0 spiro atoms. The third-order valence-corrected chi connectivity index (χ3v) is 3.91. The van der Waals surface area contributed by atoms with Gasteiger partial charge in [-0.3, -0.25) is 0 Å². The van der Waals surface area contributed by atoms with Crippen LogP contribution in [0.3, 0.4) is 0 Å². The molecule has 0 radical (unpaired) electrons. The van der Waals surface area contributed by atoms with Gasteiger partial charge in [0.2, 0.25) is 5.95 Å². The summed E-state index contributed by atoms with van der Waals surface area (Å²) in [6.45, 7) is 2.02. The summed E-state index contributed by atoms with van der Waals surface area (Å²) >= 11 is 3.46. The fourth-order valence-corrected chi connectivity index (χ4v) is 2.73. The first kappa shape index (κ1) is 13.1. The predicted molar refractivity (Wildman–Crippen MR) is 82.1 cm³/mol. The summed E-state index contributed by atoms with van der Waals surface area (Å²) < 4.78 is 15.9. The van der Waals surface area contributed by atoms with E-state index in [1.165, 1.54) is 12.1 Å². The van der Waals surface area contributed by atoms with E-state index in [0.29, 0.717) is 5.95 Å². The number of nitrogens with two attached hydrogens (primary N) is 1. The highest BCUT2D eigenvalue weighted by atomic mass is 79.9. The normalized spacial score (nSPS) is 12.8. The first-order valence-electron chi connectivity index (χ1n) is 6.24. The highest BCUT2D eigenvalue weighted by molar-refractivity contribution is 9.10. The number of nitrogen functional groups attached to an aromatic ring is 1. The summed E-state index contributed by atoms with van der Waals surface area (Å²) in [6, 6.07) is 12.3. The molecule has 2 aromatic carbocycles. The van der Waals surface area contributed by atoms with Crippen molar-refractivity contribution < 1.29 is 4.39 Å². The Morgan fingerprint density at radius 2 is 1.90 bits per heavy atom. The molecule has 3 aromatic rings. The van der Waals surface area contributed by atoms with E-state index in [4.69, 9.17) is 5.73 Å². The quantitative estimate of drug-likeness (QED) is 0.766. The van der Waals surface area contributed by atoms with E-state index < -0.39 is 0 Å². The number of anilines is 1. The second-order valence-electron chi connectivity index (χ2n) is 4.70. The Labute approximate surface area is 124 Å². The van der Waals surface area contributed by atoms with Gasteiger partial charge in [-0.2, -0.15) is 0 Å². The Hall–Kier alpha value is -1.88. The van der Waals surface area contributed by atoms with Crippen LogP contribution in [0.5, 0.6) is 0 Å². The number of hydrogen-bond donors (Lipinski definition) is 1. The summed E-state index contributed by atoms with van der Waals surface area (Å²) in [5.74, 6) is 0.210. The van der Waals surface area contributed by atoms with Gasteiger partial charge in [0.05, 0.1) is 17.1 Å². The molecule has 102 valence electrons. The van der Waals surface area contributed by atoms with Crippen molar-refractivity contribution >= 4 is 32.9 Å². The molecule has 1 aromatic heterocycles. The molecule has 3 nitrogen and oxygen atoms in total. The van der Waals surface area contributed by atoms with Crippen LogP contribution in [-0.2, 0) is 0 Å². The van der Waals surface area contributed by atoms with E-state index in [0.717, 1.165) is 21.1 Å². The van der Waals surface area contributed by atoms with Crippen LogP contribution < -0.4 is 5.73 Å². The zero-order valence-corrected chi connectivity index (χ0v) is 12.4. The van der Waals surface area contributed by atoms with Crippen LogP contribution in [0.15, 0.2) is 46.9 Å². The minimum atomic E-state index is -0.243. The van der Waals surface area contributed by atoms with E-state index in [1.54, 1.807) is 12.1 Å². The van der Waals surface area contributed by atoms with Crippen LogP contribution in [0, 0.1) is 5.82 Å². The molecule has 0 aliphatic heterocycles. The molecule has 0 bridgehead atoms. The largest absolute Gasteiger partial charge is 0.369 e. The number of rotatable bonds is 2. The van der Waals surface area contributed by atoms with Gasteiger partial charge in [0.15, 0.2) is 0 Å². The molecule has 0 saturated carbocycles. The van der Waals surface area contributed by atoms with Crippen LogP contribution in [0.4, 0.5) is 10.3 Å². The lowest BCUT2D eigenvalue weighted by atomic mass is 10.1. The van der Waals surface area contributed by atoms with Gasteiger partial charge in [-0.15, -0.1) is 0 Å². The second kappa shape index (κ2) is 4.90. The van der Waals surface area contributed by atoms with Crippen LogP contribution in [0.2, 0.25) is 0 Å². The monoisotopic (exact) mass is 333 g/mol. The molecule has 1 unspecified atom stereocenters. The second-order valence-corrected chi connectivity index (χ2v) is 5.62. The molecular formula is C15H13BrFN3. The van der Waals surface area contributed by atoms with E-state index in [9.17, 15) is 4.39 Å². The summed E-state index contributed by atoms with van der Waals surface area (Å²) in [5.41, 5.74) is 8.82. The molecule has 0 aliphatic rings. The molecule has 1 atom stereocenters. The highest BCUT2D eigenvalue weighted by Gasteiger charge is 2.15. The molecule has 1 heterocycles. The van der Waals surface area contributed by atoms with Crippen molar-refractivity contribution in [3.63, 3.8) is 0 Å². The van der Waals surface area contributed by atoms with Crippen LogP contribution in [0.25, 0.3) is 11.0 Å². The molecule has 20 heavy (non-hydrogen) atoms. The number of nitrogens with zero attached hydrogens (tertiary/aromatic N) is 2. The van der Waals surface area contributed by atoms with Crippen molar-refractivity contribution in [1.29, 1.82) is 0 Å². The van der Waals surface area contributed by atoms with Gasteiger partial charge in [0.25, 0.3) is 0 Å². The first-order chi connectivity index (χ1) is 9.56. The van der Waals surface area contributed by atoms with Gasteiger partial charge in [0, 0.05) is 4.47 Å². The first-order valence-corrected chi connectivity index (χ1v) is 7.04. The fourth-order valence-electron chi connectivity index (χ4n) is 2.38. The molecule has 5 heteroatoms. The van der Waals surface area contributed by atoms with Crippen molar-refractivity contribution in [3.05, 3.63) is 58.3 Å². The molecule has 0 fully saturated rings. The van der Waals surface area contributed by atoms with E-state index >= 15 is 0 Å². The van der Waals surface area contributed by atoms with Crippen molar-refractivity contribution in [2.24, 2.45) is 0 Å². The SMILES string of the molecule is CC(c1ccc(F)cc1)n1c(N)nc2ccc(Br)cc21. The number of imidazole rings is 1. The van der Waals surface area contributed by atoms with Gasteiger partial charge in [-0.25, -0.2) is 9.37 Å². The zero-order chi connectivity index (χ0) is 14.3. The maximum Gasteiger partial charge on any atom is 0.201 e. The predicted octanol–water partition coefficient (Wildman–Crippen LogP) is 4.13. The summed E-state index contributed by atoms with van der Waals surface area (Å²) in [5, 5.41) is 0. The Balaban J connectivity index is 2.15. The van der Waals surface area contributed by atoms with Gasteiger partial charge in [0.1, 0.15) is 5.82 Å². The molecule has 0 aliphatic carbocycles. The Kier molecular flexibility index (Phi) is 3.22. The van der Waals surface area contributed by atoms with E-state index in [1.807, 2.05) is 29.7 Å². The zero-order valence-electron chi connectivity index (χ0n) is 10.8. The molecule has 2 N–H and O–H groups in total. The maximum atomic E-state index is 13.0. The lowest BCUT2D eigenvalue weighted by molar-refractivity contribution is 0.621. The Morgan fingerprint density at radius 3 is 2.60 bits per heavy atom. The van der Waals surface area contributed by atoms with Gasteiger partial charge >= 0.3 is 0 Å².